The molecule has 0 fully saturated rings. The van der Waals surface area contributed by atoms with Crippen molar-refractivity contribution in [1.29, 1.82) is 0 Å². The molecule has 25 heavy (non-hydrogen) atoms. The van der Waals surface area contributed by atoms with Gasteiger partial charge < -0.3 is 15.1 Å². The number of benzene rings is 1. The minimum Gasteiger partial charge on any atom is -0.467 e. The molecule has 0 bridgehead atoms. The van der Waals surface area contributed by atoms with Crippen molar-refractivity contribution >= 4 is 34.8 Å². The van der Waals surface area contributed by atoms with Crippen LogP contribution in [0.1, 0.15) is 15.4 Å². The first-order valence-corrected chi connectivity index (χ1v) is 8.74. The van der Waals surface area contributed by atoms with Gasteiger partial charge in [0.1, 0.15) is 5.76 Å². The molecule has 0 unspecified atom stereocenters. The molecule has 2 aromatic heterocycles. The van der Waals surface area contributed by atoms with Crippen molar-refractivity contribution in [3.8, 4) is 10.4 Å². The van der Waals surface area contributed by atoms with E-state index in [-0.39, 0.29) is 18.4 Å². The summed E-state index contributed by atoms with van der Waals surface area (Å²) in [7, 11) is 0. The molecule has 0 saturated carbocycles. The average Bonchev–Trinajstić information content (AvgIpc) is 3.30. The van der Waals surface area contributed by atoms with E-state index in [1.54, 1.807) is 36.6 Å². The fourth-order valence-electron chi connectivity index (χ4n) is 2.14. The number of thiophene rings is 1. The third-order valence-electron chi connectivity index (χ3n) is 3.41. The molecule has 2 N–H and O–H groups in total. The molecule has 0 radical (unpaired) electrons. The number of carbonyl (C=O) groups is 2. The minimum absolute atomic E-state index is 0.0896. The van der Waals surface area contributed by atoms with Gasteiger partial charge in [-0.05, 0) is 42.0 Å². The van der Waals surface area contributed by atoms with E-state index in [0.717, 1.165) is 10.4 Å². The second-order valence-electron chi connectivity index (χ2n) is 5.21. The van der Waals surface area contributed by atoms with Crippen LogP contribution in [0.25, 0.3) is 10.4 Å². The molecule has 0 saturated heterocycles. The van der Waals surface area contributed by atoms with E-state index >= 15 is 0 Å². The Morgan fingerprint density at radius 1 is 1.04 bits per heavy atom. The molecule has 128 valence electrons. The van der Waals surface area contributed by atoms with Crippen molar-refractivity contribution in [2.75, 3.05) is 6.54 Å². The Kier molecular flexibility index (Phi) is 5.53. The smallest absolute Gasteiger partial charge is 0.261 e. The molecule has 0 atom stereocenters. The molecule has 7 heteroatoms. The Morgan fingerprint density at radius 2 is 1.84 bits per heavy atom. The fraction of sp³-hybridized carbons (Fsp3) is 0.111. The van der Waals surface area contributed by atoms with E-state index in [1.165, 1.54) is 11.3 Å². The van der Waals surface area contributed by atoms with Gasteiger partial charge in [0, 0.05) is 9.90 Å². The molecular formula is C18H15ClN2O3S. The zero-order valence-corrected chi connectivity index (χ0v) is 14.7. The maximum absolute atomic E-state index is 12.2. The van der Waals surface area contributed by atoms with Crippen molar-refractivity contribution in [1.82, 2.24) is 10.6 Å². The van der Waals surface area contributed by atoms with Crippen molar-refractivity contribution in [3.05, 3.63) is 70.5 Å². The number of furan rings is 1. The number of carbonyl (C=O) groups excluding carboxylic acids is 2. The standard InChI is InChI=1S/C18H15ClN2O3S/c19-13-5-3-12(4-6-13)15-7-8-16(25-15)18(23)21-11-17(22)20-10-14-2-1-9-24-14/h1-9H,10-11H2,(H,20,22)(H,21,23). The van der Waals surface area contributed by atoms with E-state index in [9.17, 15) is 9.59 Å². The van der Waals surface area contributed by atoms with Crippen LogP contribution in [-0.2, 0) is 11.3 Å². The first kappa shape index (κ1) is 17.3. The van der Waals surface area contributed by atoms with Gasteiger partial charge >= 0.3 is 0 Å². The van der Waals surface area contributed by atoms with Crippen LogP contribution in [-0.4, -0.2) is 18.4 Å². The Labute approximate surface area is 153 Å². The Hall–Kier alpha value is -2.57. The normalized spacial score (nSPS) is 10.4. The van der Waals surface area contributed by atoms with Crippen molar-refractivity contribution in [2.45, 2.75) is 6.54 Å². The number of amides is 2. The Bertz CT molecular complexity index is 857. The van der Waals surface area contributed by atoms with E-state index in [2.05, 4.69) is 10.6 Å². The average molecular weight is 375 g/mol. The Balaban J connectivity index is 1.51. The summed E-state index contributed by atoms with van der Waals surface area (Å²) < 4.78 is 5.12. The lowest BCUT2D eigenvalue weighted by Gasteiger charge is -2.04. The maximum atomic E-state index is 12.2. The molecule has 0 aliphatic rings. The predicted molar refractivity (Wildman–Crippen MR) is 97.7 cm³/mol. The third kappa shape index (κ3) is 4.71. The van der Waals surface area contributed by atoms with Crippen LogP contribution < -0.4 is 10.6 Å². The second kappa shape index (κ2) is 8.00. The van der Waals surface area contributed by atoms with Crippen LogP contribution in [0.15, 0.2) is 59.2 Å². The summed E-state index contributed by atoms with van der Waals surface area (Å²) in [6, 6.07) is 14.5. The van der Waals surface area contributed by atoms with E-state index in [1.807, 2.05) is 18.2 Å². The van der Waals surface area contributed by atoms with Crippen molar-refractivity contribution < 1.29 is 14.0 Å². The second-order valence-corrected chi connectivity index (χ2v) is 6.73. The highest BCUT2D eigenvalue weighted by Crippen LogP contribution is 2.28. The Morgan fingerprint density at radius 3 is 2.56 bits per heavy atom. The highest BCUT2D eigenvalue weighted by Gasteiger charge is 2.12. The van der Waals surface area contributed by atoms with Crippen LogP contribution in [0.2, 0.25) is 5.02 Å². The van der Waals surface area contributed by atoms with E-state index in [0.29, 0.717) is 22.2 Å². The number of hydrogen-bond acceptors (Lipinski definition) is 4. The van der Waals surface area contributed by atoms with Crippen LogP contribution in [0, 0.1) is 0 Å². The molecule has 0 aliphatic carbocycles. The van der Waals surface area contributed by atoms with Gasteiger partial charge in [-0.15, -0.1) is 11.3 Å². The minimum atomic E-state index is -0.279. The summed E-state index contributed by atoms with van der Waals surface area (Å²) in [6.45, 7) is 0.204. The van der Waals surface area contributed by atoms with Crippen LogP contribution in [0.3, 0.4) is 0 Å². The first-order valence-electron chi connectivity index (χ1n) is 7.55. The third-order valence-corrected chi connectivity index (χ3v) is 4.79. The summed E-state index contributed by atoms with van der Waals surface area (Å²) >= 11 is 7.24. The van der Waals surface area contributed by atoms with Gasteiger partial charge in [-0.1, -0.05) is 23.7 Å². The van der Waals surface area contributed by atoms with Gasteiger partial charge in [0.25, 0.3) is 5.91 Å². The molecule has 1 aromatic carbocycles. The zero-order valence-electron chi connectivity index (χ0n) is 13.1. The summed E-state index contributed by atoms with van der Waals surface area (Å²) in [5, 5.41) is 5.95. The lowest BCUT2D eigenvalue weighted by atomic mass is 10.2. The molecule has 2 heterocycles. The van der Waals surface area contributed by atoms with Crippen molar-refractivity contribution in [2.24, 2.45) is 0 Å². The van der Waals surface area contributed by atoms with Crippen LogP contribution >= 0.6 is 22.9 Å². The molecular weight excluding hydrogens is 360 g/mol. The summed E-state index contributed by atoms with van der Waals surface area (Å²) in [5.41, 5.74) is 0.990. The predicted octanol–water partition coefficient (Wildman–Crippen LogP) is 3.71. The molecule has 0 aliphatic heterocycles. The summed E-state index contributed by atoms with van der Waals surface area (Å²) in [4.78, 5) is 25.4. The maximum Gasteiger partial charge on any atom is 0.261 e. The van der Waals surface area contributed by atoms with Gasteiger partial charge in [0.15, 0.2) is 0 Å². The number of hydrogen-bond donors (Lipinski definition) is 2. The zero-order chi connectivity index (χ0) is 17.6. The van der Waals surface area contributed by atoms with E-state index < -0.39 is 0 Å². The van der Waals surface area contributed by atoms with Gasteiger partial charge in [0.05, 0.1) is 24.2 Å². The molecule has 2 amide bonds. The van der Waals surface area contributed by atoms with Gasteiger partial charge in [-0.25, -0.2) is 0 Å². The molecule has 3 rings (SSSR count). The van der Waals surface area contributed by atoms with Gasteiger partial charge in [0.2, 0.25) is 5.91 Å². The first-order chi connectivity index (χ1) is 12.1. The lowest BCUT2D eigenvalue weighted by molar-refractivity contribution is -0.120. The van der Waals surface area contributed by atoms with Gasteiger partial charge in [-0.2, -0.15) is 0 Å². The lowest BCUT2D eigenvalue weighted by Crippen LogP contribution is -2.36. The number of halogens is 1. The number of rotatable bonds is 6. The molecule has 5 nitrogen and oxygen atoms in total. The quantitative estimate of drug-likeness (QED) is 0.691. The van der Waals surface area contributed by atoms with Crippen molar-refractivity contribution in [3.63, 3.8) is 0 Å². The summed E-state index contributed by atoms with van der Waals surface area (Å²) in [6.07, 6.45) is 1.54. The SMILES string of the molecule is O=C(CNC(=O)c1ccc(-c2ccc(Cl)cc2)s1)NCc1ccco1. The highest BCUT2D eigenvalue weighted by atomic mass is 35.5. The fourth-order valence-corrected chi connectivity index (χ4v) is 3.19. The van der Waals surface area contributed by atoms with Crippen LogP contribution in [0.4, 0.5) is 0 Å². The highest BCUT2D eigenvalue weighted by molar-refractivity contribution is 7.17. The van der Waals surface area contributed by atoms with Gasteiger partial charge in [-0.3, -0.25) is 9.59 Å². The topological polar surface area (TPSA) is 71.3 Å². The monoisotopic (exact) mass is 374 g/mol. The number of nitrogens with one attached hydrogen (secondary N) is 2. The largest absolute Gasteiger partial charge is 0.467 e. The summed E-state index contributed by atoms with van der Waals surface area (Å²) in [5.74, 6) is 0.100. The molecule has 0 spiro atoms. The van der Waals surface area contributed by atoms with Crippen LogP contribution in [0.5, 0.6) is 0 Å². The molecule has 3 aromatic rings. The van der Waals surface area contributed by atoms with E-state index in [4.69, 9.17) is 16.0 Å².